The smallest absolute Gasteiger partial charge is 0.230 e. The lowest BCUT2D eigenvalue weighted by Gasteiger charge is -2.19. The number of carbonyl (C=O) groups excluding carboxylic acids is 1. The van der Waals surface area contributed by atoms with Crippen molar-refractivity contribution in [2.75, 3.05) is 18.1 Å². The largest absolute Gasteiger partial charge is 0.355 e. The summed E-state index contributed by atoms with van der Waals surface area (Å²) in [6.45, 7) is 9.21. The van der Waals surface area contributed by atoms with Gasteiger partial charge in [0.15, 0.2) is 5.82 Å². The summed E-state index contributed by atoms with van der Waals surface area (Å²) >= 11 is 1.28. The highest BCUT2D eigenvalue weighted by molar-refractivity contribution is 7.99. The highest BCUT2D eigenvalue weighted by Crippen LogP contribution is 2.26. The lowest BCUT2D eigenvalue weighted by atomic mass is 9.87. The third-order valence-electron chi connectivity index (χ3n) is 4.98. The van der Waals surface area contributed by atoms with Crippen molar-refractivity contribution >= 4 is 17.7 Å². The quantitative estimate of drug-likeness (QED) is 0.447. The average Bonchev–Trinajstić information content (AvgIpc) is 3.08. The number of aromatic nitrogens is 3. The number of rotatable bonds is 7. The second-order valence-electron chi connectivity index (χ2n) is 8.32. The molecule has 3 rings (SSSR count). The Balaban J connectivity index is 1.53. The lowest BCUT2D eigenvalue weighted by Crippen LogP contribution is -2.27. The van der Waals surface area contributed by atoms with Gasteiger partial charge in [-0.15, -0.1) is 10.2 Å². The van der Waals surface area contributed by atoms with Crippen molar-refractivity contribution in [2.45, 2.75) is 44.7 Å². The van der Waals surface area contributed by atoms with Gasteiger partial charge >= 0.3 is 0 Å². The molecule has 0 aliphatic rings. The first kappa shape index (κ1) is 21.9. The Bertz CT molecular complexity index is 1010. The minimum atomic E-state index is -0.0485. The summed E-state index contributed by atoms with van der Waals surface area (Å²) < 4.78 is 1.44. The van der Waals surface area contributed by atoms with Gasteiger partial charge in [0, 0.05) is 12.1 Å². The molecular weight excluding hydrogens is 394 g/mol. The zero-order valence-corrected chi connectivity index (χ0v) is 18.8. The molecule has 0 aliphatic heterocycles. The molecule has 1 aromatic heterocycles. The third-order valence-corrected chi connectivity index (χ3v) is 5.93. The van der Waals surface area contributed by atoms with Gasteiger partial charge in [0.05, 0.1) is 5.75 Å². The zero-order chi connectivity index (χ0) is 21.7. The molecule has 1 amide bonds. The van der Waals surface area contributed by atoms with Gasteiger partial charge in [-0.1, -0.05) is 81.1 Å². The molecule has 0 unspecified atom stereocenters. The van der Waals surface area contributed by atoms with E-state index in [1.807, 2.05) is 24.3 Å². The maximum absolute atomic E-state index is 12.2. The molecule has 3 aromatic rings. The maximum Gasteiger partial charge on any atom is 0.230 e. The zero-order valence-electron chi connectivity index (χ0n) is 18.0. The van der Waals surface area contributed by atoms with Crippen LogP contribution in [0, 0.1) is 6.92 Å². The molecule has 1 heterocycles. The van der Waals surface area contributed by atoms with Crippen LogP contribution in [0.2, 0.25) is 0 Å². The second kappa shape index (κ2) is 9.34. The Morgan fingerprint density at radius 3 is 2.47 bits per heavy atom. The topological polar surface area (TPSA) is 85.8 Å². The van der Waals surface area contributed by atoms with Gasteiger partial charge in [-0.2, -0.15) is 0 Å². The highest BCUT2D eigenvalue weighted by atomic mass is 32.2. The Hall–Kier alpha value is -2.80. The summed E-state index contributed by atoms with van der Waals surface area (Å²) in [6, 6.07) is 16.4. The molecule has 0 radical (unpaired) electrons. The van der Waals surface area contributed by atoms with Gasteiger partial charge in [0.2, 0.25) is 11.1 Å². The highest BCUT2D eigenvalue weighted by Gasteiger charge is 2.16. The molecule has 3 N–H and O–H groups in total. The Labute approximate surface area is 182 Å². The number of nitrogens with zero attached hydrogens (tertiary/aromatic N) is 3. The first-order chi connectivity index (χ1) is 14.3. The standard InChI is InChI=1S/C23H29N5OS/c1-16-7-5-6-8-17(16)13-14-25-20(29)15-30-22-27-26-21(28(22)24)18-9-11-19(12-10-18)23(2,3)4/h5-12H,13-15,24H2,1-4H3,(H,25,29). The van der Waals surface area contributed by atoms with Crippen molar-refractivity contribution in [1.82, 2.24) is 20.2 Å². The molecule has 30 heavy (non-hydrogen) atoms. The van der Waals surface area contributed by atoms with Crippen molar-refractivity contribution in [1.29, 1.82) is 0 Å². The van der Waals surface area contributed by atoms with E-state index in [2.05, 4.69) is 67.5 Å². The molecule has 0 saturated heterocycles. The van der Waals surface area contributed by atoms with Crippen LogP contribution in [0.3, 0.4) is 0 Å². The van der Waals surface area contributed by atoms with E-state index >= 15 is 0 Å². The van der Waals surface area contributed by atoms with Crippen LogP contribution in [-0.4, -0.2) is 33.1 Å². The van der Waals surface area contributed by atoms with Crippen molar-refractivity contribution in [2.24, 2.45) is 0 Å². The minimum absolute atomic E-state index is 0.0485. The molecule has 0 bridgehead atoms. The molecule has 0 saturated carbocycles. The number of aryl methyl sites for hydroxylation is 1. The number of nitrogens with one attached hydrogen (secondary N) is 1. The molecule has 0 atom stereocenters. The number of amides is 1. The summed E-state index contributed by atoms with van der Waals surface area (Å²) in [6.07, 6.45) is 0.810. The molecule has 7 heteroatoms. The van der Waals surface area contributed by atoms with Crippen molar-refractivity contribution in [3.63, 3.8) is 0 Å². The molecule has 0 spiro atoms. The third kappa shape index (κ3) is 5.42. The molecular formula is C23H29N5OS. The predicted octanol–water partition coefficient (Wildman–Crippen LogP) is 3.72. The van der Waals surface area contributed by atoms with Crippen molar-refractivity contribution in [3.05, 3.63) is 65.2 Å². The Morgan fingerprint density at radius 2 is 1.80 bits per heavy atom. The van der Waals surface area contributed by atoms with E-state index in [0.29, 0.717) is 17.5 Å². The first-order valence-electron chi connectivity index (χ1n) is 10.0. The van der Waals surface area contributed by atoms with Crippen LogP contribution in [0.4, 0.5) is 0 Å². The van der Waals surface area contributed by atoms with E-state index in [1.165, 1.54) is 33.1 Å². The summed E-state index contributed by atoms with van der Waals surface area (Å²) in [7, 11) is 0. The maximum atomic E-state index is 12.2. The molecule has 2 aromatic carbocycles. The van der Waals surface area contributed by atoms with E-state index in [-0.39, 0.29) is 17.1 Å². The monoisotopic (exact) mass is 423 g/mol. The lowest BCUT2D eigenvalue weighted by molar-refractivity contribution is -0.118. The van der Waals surface area contributed by atoms with Gasteiger partial charge in [0.1, 0.15) is 0 Å². The summed E-state index contributed by atoms with van der Waals surface area (Å²) in [5.41, 5.74) is 4.70. The van der Waals surface area contributed by atoms with Crippen LogP contribution in [0.25, 0.3) is 11.4 Å². The van der Waals surface area contributed by atoms with E-state index in [1.54, 1.807) is 0 Å². The number of benzene rings is 2. The minimum Gasteiger partial charge on any atom is -0.355 e. The number of hydrogen-bond donors (Lipinski definition) is 2. The van der Waals surface area contributed by atoms with Crippen LogP contribution in [0.15, 0.2) is 53.7 Å². The molecule has 0 aliphatic carbocycles. The van der Waals surface area contributed by atoms with E-state index < -0.39 is 0 Å². The van der Waals surface area contributed by atoms with Crippen LogP contribution >= 0.6 is 11.8 Å². The number of nitrogen functional groups attached to an aromatic ring is 1. The predicted molar refractivity (Wildman–Crippen MR) is 123 cm³/mol. The van der Waals surface area contributed by atoms with Crippen molar-refractivity contribution < 1.29 is 4.79 Å². The fourth-order valence-electron chi connectivity index (χ4n) is 3.10. The number of carbonyl (C=O) groups is 1. The van der Waals surface area contributed by atoms with Crippen LogP contribution < -0.4 is 11.2 Å². The van der Waals surface area contributed by atoms with Crippen LogP contribution in [0.1, 0.15) is 37.5 Å². The normalized spacial score (nSPS) is 11.5. The number of thioether (sulfide) groups is 1. The summed E-state index contributed by atoms with van der Waals surface area (Å²) in [5, 5.41) is 11.8. The van der Waals surface area contributed by atoms with E-state index in [4.69, 9.17) is 5.84 Å². The fraction of sp³-hybridized carbons (Fsp3) is 0.348. The summed E-state index contributed by atoms with van der Waals surface area (Å²) in [4.78, 5) is 12.2. The van der Waals surface area contributed by atoms with Crippen LogP contribution in [0.5, 0.6) is 0 Å². The fourth-order valence-corrected chi connectivity index (χ4v) is 3.79. The summed E-state index contributed by atoms with van der Waals surface area (Å²) in [5.74, 6) is 6.95. The van der Waals surface area contributed by atoms with E-state index in [9.17, 15) is 4.79 Å². The van der Waals surface area contributed by atoms with Gasteiger partial charge in [-0.3, -0.25) is 4.79 Å². The van der Waals surface area contributed by atoms with Gasteiger partial charge in [0.25, 0.3) is 0 Å². The number of nitrogens with two attached hydrogens (primary N) is 1. The molecule has 6 nitrogen and oxygen atoms in total. The first-order valence-corrected chi connectivity index (χ1v) is 11.0. The second-order valence-corrected chi connectivity index (χ2v) is 9.26. The Kier molecular flexibility index (Phi) is 6.82. The van der Waals surface area contributed by atoms with Gasteiger partial charge in [-0.25, -0.2) is 4.68 Å². The average molecular weight is 424 g/mol. The molecule has 0 fully saturated rings. The molecule has 158 valence electrons. The van der Waals surface area contributed by atoms with Gasteiger partial charge < -0.3 is 11.2 Å². The van der Waals surface area contributed by atoms with Crippen LogP contribution in [-0.2, 0) is 16.6 Å². The van der Waals surface area contributed by atoms with Gasteiger partial charge in [-0.05, 0) is 35.4 Å². The SMILES string of the molecule is Cc1ccccc1CCNC(=O)CSc1nnc(-c2ccc(C(C)(C)C)cc2)n1N. The number of hydrogen-bond acceptors (Lipinski definition) is 5. The Morgan fingerprint density at radius 1 is 1.10 bits per heavy atom. The van der Waals surface area contributed by atoms with E-state index in [0.717, 1.165) is 12.0 Å². The van der Waals surface area contributed by atoms with Crippen molar-refractivity contribution in [3.8, 4) is 11.4 Å².